The number of rotatable bonds is 8. The maximum atomic E-state index is 12.2. The van der Waals surface area contributed by atoms with Crippen molar-refractivity contribution >= 4 is 17.5 Å². The Balaban J connectivity index is 1.79. The minimum Gasteiger partial charge on any atom is -0.492 e. The van der Waals surface area contributed by atoms with E-state index in [0.717, 1.165) is 16.9 Å². The van der Waals surface area contributed by atoms with Gasteiger partial charge in [-0.1, -0.05) is 49.7 Å². The number of nitrogens with one attached hydrogen (secondary N) is 1. The predicted octanol–water partition coefficient (Wildman–Crippen LogP) is 4.73. The van der Waals surface area contributed by atoms with Crippen LogP contribution >= 0.6 is 11.6 Å². The zero-order chi connectivity index (χ0) is 19.1. The van der Waals surface area contributed by atoms with Gasteiger partial charge < -0.3 is 14.8 Å². The molecule has 0 fully saturated rings. The molecule has 0 aliphatic rings. The molecule has 5 heteroatoms. The van der Waals surface area contributed by atoms with E-state index in [-0.39, 0.29) is 5.91 Å². The molecule has 0 aliphatic heterocycles. The lowest BCUT2D eigenvalue weighted by Crippen LogP contribution is -2.38. The molecule has 0 aliphatic carbocycles. The molecule has 1 amide bonds. The summed E-state index contributed by atoms with van der Waals surface area (Å²) >= 11 is 6.06. The Hall–Kier alpha value is -2.20. The lowest BCUT2D eigenvalue weighted by Gasteiger charge is -2.18. The first-order valence-corrected chi connectivity index (χ1v) is 9.18. The van der Waals surface area contributed by atoms with Gasteiger partial charge in [-0.15, -0.1) is 0 Å². The monoisotopic (exact) mass is 375 g/mol. The van der Waals surface area contributed by atoms with Crippen LogP contribution in [0.2, 0.25) is 5.02 Å². The third-order valence-electron chi connectivity index (χ3n) is 4.03. The summed E-state index contributed by atoms with van der Waals surface area (Å²) in [6.45, 7) is 8.63. The molecule has 0 spiro atoms. The van der Waals surface area contributed by atoms with Crippen LogP contribution in [0.25, 0.3) is 0 Å². The van der Waals surface area contributed by atoms with Crippen molar-refractivity contribution in [2.45, 2.75) is 39.7 Å². The Morgan fingerprint density at radius 1 is 1.15 bits per heavy atom. The standard InChI is InChI=1S/C21H26ClNO3/c1-14(2)18-7-5-6-8-20(18)26-16(4)21(24)23-11-12-25-17-10-9-15(3)19(22)13-17/h5-10,13-14,16H,11-12H2,1-4H3,(H,23,24)/t16-/m0/s1. The summed E-state index contributed by atoms with van der Waals surface area (Å²) in [7, 11) is 0. The van der Waals surface area contributed by atoms with Crippen molar-refractivity contribution in [2.24, 2.45) is 0 Å². The SMILES string of the molecule is Cc1ccc(OCCNC(=O)[C@H](C)Oc2ccccc2C(C)C)cc1Cl. The predicted molar refractivity (Wildman–Crippen MR) is 105 cm³/mol. The molecule has 0 heterocycles. The van der Waals surface area contributed by atoms with Crippen LogP contribution < -0.4 is 14.8 Å². The van der Waals surface area contributed by atoms with Gasteiger partial charge in [0.1, 0.15) is 18.1 Å². The van der Waals surface area contributed by atoms with Crippen LogP contribution in [0.4, 0.5) is 0 Å². The Morgan fingerprint density at radius 2 is 1.88 bits per heavy atom. The molecule has 4 nitrogen and oxygen atoms in total. The molecule has 0 bridgehead atoms. The van der Waals surface area contributed by atoms with E-state index in [1.165, 1.54) is 0 Å². The Kier molecular flexibility index (Phi) is 7.34. The second kappa shape index (κ2) is 9.48. The van der Waals surface area contributed by atoms with Gasteiger partial charge in [0, 0.05) is 5.02 Å². The summed E-state index contributed by atoms with van der Waals surface area (Å²) in [5, 5.41) is 3.49. The number of ether oxygens (including phenoxy) is 2. The van der Waals surface area contributed by atoms with Crippen LogP contribution in [0.5, 0.6) is 11.5 Å². The highest BCUT2D eigenvalue weighted by Crippen LogP contribution is 2.26. The van der Waals surface area contributed by atoms with Gasteiger partial charge in [0.05, 0.1) is 6.54 Å². The summed E-state index contributed by atoms with van der Waals surface area (Å²) in [4.78, 5) is 12.2. The average molecular weight is 376 g/mol. The largest absolute Gasteiger partial charge is 0.492 e. The Bertz CT molecular complexity index is 746. The van der Waals surface area contributed by atoms with Gasteiger partial charge in [-0.3, -0.25) is 4.79 Å². The second-order valence-corrected chi connectivity index (χ2v) is 6.91. The molecule has 0 unspecified atom stereocenters. The topological polar surface area (TPSA) is 47.6 Å². The van der Waals surface area contributed by atoms with Gasteiger partial charge in [0.25, 0.3) is 5.91 Å². The Labute approximate surface area is 160 Å². The van der Waals surface area contributed by atoms with Crippen molar-refractivity contribution in [1.29, 1.82) is 0 Å². The van der Waals surface area contributed by atoms with Gasteiger partial charge in [-0.2, -0.15) is 0 Å². The number of carbonyl (C=O) groups excluding carboxylic acids is 1. The molecule has 1 N–H and O–H groups in total. The van der Waals surface area contributed by atoms with Gasteiger partial charge in [0.2, 0.25) is 0 Å². The molecule has 2 aromatic carbocycles. The number of hydrogen-bond donors (Lipinski definition) is 1. The fourth-order valence-electron chi connectivity index (χ4n) is 2.46. The van der Waals surface area contributed by atoms with E-state index < -0.39 is 6.10 Å². The first-order valence-electron chi connectivity index (χ1n) is 8.80. The van der Waals surface area contributed by atoms with Crippen LogP contribution in [0.1, 0.15) is 37.8 Å². The highest BCUT2D eigenvalue weighted by molar-refractivity contribution is 6.31. The molecule has 0 aromatic heterocycles. The maximum Gasteiger partial charge on any atom is 0.260 e. The van der Waals surface area contributed by atoms with Crippen LogP contribution in [0.3, 0.4) is 0 Å². The number of amides is 1. The first-order chi connectivity index (χ1) is 12.4. The van der Waals surface area contributed by atoms with Crippen LogP contribution in [-0.2, 0) is 4.79 Å². The first kappa shape index (κ1) is 20.1. The average Bonchev–Trinajstić information content (AvgIpc) is 2.61. The van der Waals surface area contributed by atoms with E-state index >= 15 is 0 Å². The van der Waals surface area contributed by atoms with Gasteiger partial charge in [-0.05, 0) is 49.1 Å². The van der Waals surface area contributed by atoms with E-state index in [9.17, 15) is 4.79 Å². The number of aryl methyl sites for hydroxylation is 1. The van der Waals surface area contributed by atoms with Gasteiger partial charge >= 0.3 is 0 Å². The highest BCUT2D eigenvalue weighted by Gasteiger charge is 2.16. The molecule has 0 saturated heterocycles. The fourth-order valence-corrected chi connectivity index (χ4v) is 2.63. The highest BCUT2D eigenvalue weighted by atomic mass is 35.5. The zero-order valence-corrected chi connectivity index (χ0v) is 16.5. The molecule has 2 aromatic rings. The summed E-state index contributed by atoms with van der Waals surface area (Å²) in [5.74, 6) is 1.59. The molecule has 2 rings (SSSR count). The number of halogens is 1. The zero-order valence-electron chi connectivity index (χ0n) is 15.7. The van der Waals surface area contributed by atoms with Crippen molar-refractivity contribution in [3.8, 4) is 11.5 Å². The van der Waals surface area contributed by atoms with E-state index in [2.05, 4.69) is 19.2 Å². The fraction of sp³-hybridized carbons (Fsp3) is 0.381. The molecule has 1 atom stereocenters. The number of benzene rings is 2. The summed E-state index contributed by atoms with van der Waals surface area (Å²) < 4.78 is 11.4. The summed E-state index contributed by atoms with van der Waals surface area (Å²) in [6.07, 6.45) is -0.580. The maximum absolute atomic E-state index is 12.2. The third kappa shape index (κ3) is 5.67. The Morgan fingerprint density at radius 3 is 2.58 bits per heavy atom. The lowest BCUT2D eigenvalue weighted by molar-refractivity contribution is -0.127. The van der Waals surface area contributed by atoms with Crippen molar-refractivity contribution in [1.82, 2.24) is 5.32 Å². The van der Waals surface area contributed by atoms with E-state index in [1.54, 1.807) is 13.0 Å². The van der Waals surface area contributed by atoms with Crippen LogP contribution in [0, 0.1) is 6.92 Å². The lowest BCUT2D eigenvalue weighted by atomic mass is 10.0. The van der Waals surface area contributed by atoms with Gasteiger partial charge in [0.15, 0.2) is 6.10 Å². The van der Waals surface area contributed by atoms with Crippen LogP contribution in [0.15, 0.2) is 42.5 Å². The molecular formula is C21H26ClNO3. The molecule has 0 saturated carbocycles. The van der Waals surface area contributed by atoms with Crippen molar-refractivity contribution < 1.29 is 14.3 Å². The number of carbonyl (C=O) groups is 1. The number of hydrogen-bond acceptors (Lipinski definition) is 3. The minimum atomic E-state index is -0.580. The van der Waals surface area contributed by atoms with E-state index in [0.29, 0.717) is 29.8 Å². The minimum absolute atomic E-state index is 0.172. The molecule has 0 radical (unpaired) electrons. The van der Waals surface area contributed by atoms with Gasteiger partial charge in [-0.25, -0.2) is 0 Å². The molecule has 140 valence electrons. The van der Waals surface area contributed by atoms with Crippen molar-refractivity contribution in [3.63, 3.8) is 0 Å². The smallest absolute Gasteiger partial charge is 0.260 e. The van der Waals surface area contributed by atoms with E-state index in [4.69, 9.17) is 21.1 Å². The quantitative estimate of drug-likeness (QED) is 0.678. The van der Waals surface area contributed by atoms with Crippen molar-refractivity contribution in [2.75, 3.05) is 13.2 Å². The second-order valence-electron chi connectivity index (χ2n) is 6.50. The molecule has 26 heavy (non-hydrogen) atoms. The summed E-state index contributed by atoms with van der Waals surface area (Å²) in [5.41, 5.74) is 2.09. The van der Waals surface area contributed by atoms with Crippen molar-refractivity contribution in [3.05, 3.63) is 58.6 Å². The van der Waals surface area contributed by atoms with E-state index in [1.807, 2.05) is 43.3 Å². The molecular weight excluding hydrogens is 350 g/mol. The third-order valence-corrected chi connectivity index (χ3v) is 4.43. The normalized spacial score (nSPS) is 11.9. The number of para-hydroxylation sites is 1. The van der Waals surface area contributed by atoms with Crippen LogP contribution in [-0.4, -0.2) is 25.2 Å². The summed E-state index contributed by atoms with van der Waals surface area (Å²) in [6, 6.07) is 13.3.